The van der Waals surface area contributed by atoms with E-state index in [1.807, 2.05) is 17.9 Å². The molecule has 2 aliphatic heterocycles. The summed E-state index contributed by atoms with van der Waals surface area (Å²) in [4.78, 5) is 14.7. The molecule has 4 nitrogen and oxygen atoms in total. The fraction of sp³-hybridized carbons (Fsp3) is 0.588. The molecule has 22 heavy (non-hydrogen) atoms. The van der Waals surface area contributed by atoms with E-state index in [0.717, 1.165) is 50.1 Å². The van der Waals surface area contributed by atoms with Crippen LogP contribution >= 0.6 is 0 Å². The third kappa shape index (κ3) is 3.31. The molecule has 2 heterocycles. The number of carbonyl (C=O) groups is 1. The fourth-order valence-electron chi connectivity index (χ4n) is 3.52. The van der Waals surface area contributed by atoms with Crippen molar-refractivity contribution in [3.63, 3.8) is 0 Å². The standard InChI is InChI=1S/C17H24FN3O/c1-12-10-14(18)2-3-15(12)16-11-21(9-8-20-16)17(22)13-4-6-19-7-5-13/h2-3,10,13,16,19-20H,4-9,11H2,1H3/t16-/m1/s1. The van der Waals surface area contributed by atoms with Crippen molar-refractivity contribution in [1.29, 1.82) is 0 Å². The summed E-state index contributed by atoms with van der Waals surface area (Å²) in [5.41, 5.74) is 2.03. The van der Waals surface area contributed by atoms with E-state index in [4.69, 9.17) is 0 Å². The number of halogens is 1. The van der Waals surface area contributed by atoms with Crippen molar-refractivity contribution in [3.8, 4) is 0 Å². The first-order valence-corrected chi connectivity index (χ1v) is 8.14. The molecular weight excluding hydrogens is 281 g/mol. The molecule has 1 aromatic rings. The van der Waals surface area contributed by atoms with Gasteiger partial charge in [0.05, 0.1) is 6.04 Å². The molecule has 0 spiro atoms. The molecule has 0 bridgehead atoms. The van der Waals surface area contributed by atoms with Gasteiger partial charge in [-0.3, -0.25) is 4.79 Å². The second-order valence-electron chi connectivity index (χ2n) is 6.32. The van der Waals surface area contributed by atoms with Gasteiger partial charge in [-0.1, -0.05) is 6.07 Å². The maximum atomic E-state index is 13.3. The smallest absolute Gasteiger partial charge is 0.225 e. The number of piperazine rings is 1. The van der Waals surface area contributed by atoms with Crippen molar-refractivity contribution in [2.45, 2.75) is 25.8 Å². The Morgan fingerprint density at radius 1 is 1.27 bits per heavy atom. The van der Waals surface area contributed by atoms with E-state index in [9.17, 15) is 9.18 Å². The summed E-state index contributed by atoms with van der Waals surface area (Å²) in [5, 5.41) is 6.76. The van der Waals surface area contributed by atoms with Crippen LogP contribution in [0.2, 0.25) is 0 Å². The molecule has 0 saturated carbocycles. The molecule has 2 saturated heterocycles. The van der Waals surface area contributed by atoms with Gasteiger partial charge in [0.15, 0.2) is 0 Å². The van der Waals surface area contributed by atoms with E-state index in [2.05, 4.69) is 10.6 Å². The van der Waals surface area contributed by atoms with Gasteiger partial charge in [-0.25, -0.2) is 4.39 Å². The van der Waals surface area contributed by atoms with Crippen LogP contribution in [0.1, 0.15) is 30.0 Å². The highest BCUT2D eigenvalue weighted by molar-refractivity contribution is 5.79. The average molecular weight is 305 g/mol. The van der Waals surface area contributed by atoms with E-state index in [0.29, 0.717) is 6.54 Å². The SMILES string of the molecule is Cc1cc(F)ccc1[C@H]1CN(C(=O)C2CCNCC2)CCN1. The molecule has 0 unspecified atom stereocenters. The molecule has 1 atom stereocenters. The van der Waals surface area contributed by atoms with Gasteiger partial charge in [-0.15, -0.1) is 0 Å². The van der Waals surface area contributed by atoms with Crippen LogP contribution in [0.3, 0.4) is 0 Å². The van der Waals surface area contributed by atoms with Crippen LogP contribution in [0.5, 0.6) is 0 Å². The van der Waals surface area contributed by atoms with E-state index in [1.165, 1.54) is 6.07 Å². The molecule has 0 aromatic heterocycles. The maximum Gasteiger partial charge on any atom is 0.225 e. The van der Waals surface area contributed by atoms with Crippen LogP contribution in [-0.4, -0.2) is 43.5 Å². The molecule has 2 aliphatic rings. The molecule has 120 valence electrons. The molecule has 2 fully saturated rings. The summed E-state index contributed by atoms with van der Waals surface area (Å²) in [5.74, 6) is 0.238. The number of carbonyl (C=O) groups excluding carboxylic acids is 1. The number of hydrogen-bond acceptors (Lipinski definition) is 3. The molecule has 1 aromatic carbocycles. The monoisotopic (exact) mass is 305 g/mol. The minimum Gasteiger partial charge on any atom is -0.339 e. The van der Waals surface area contributed by atoms with E-state index < -0.39 is 0 Å². The molecule has 5 heteroatoms. The van der Waals surface area contributed by atoms with Crippen molar-refractivity contribution in [2.24, 2.45) is 5.92 Å². The van der Waals surface area contributed by atoms with Crippen LogP contribution in [0.4, 0.5) is 4.39 Å². The molecular formula is C17H24FN3O. The zero-order valence-corrected chi connectivity index (χ0v) is 13.1. The van der Waals surface area contributed by atoms with Crippen LogP contribution in [0, 0.1) is 18.7 Å². The van der Waals surface area contributed by atoms with Crippen LogP contribution < -0.4 is 10.6 Å². The highest BCUT2D eigenvalue weighted by Gasteiger charge is 2.30. The summed E-state index contributed by atoms with van der Waals surface area (Å²) in [6, 6.07) is 4.99. The van der Waals surface area contributed by atoms with Crippen LogP contribution in [0.25, 0.3) is 0 Å². The van der Waals surface area contributed by atoms with Gasteiger partial charge in [-0.05, 0) is 56.1 Å². The number of rotatable bonds is 2. The Balaban J connectivity index is 1.69. The summed E-state index contributed by atoms with van der Waals surface area (Å²) >= 11 is 0. The third-order valence-corrected chi connectivity index (χ3v) is 4.78. The number of nitrogens with one attached hydrogen (secondary N) is 2. The molecule has 1 amide bonds. The summed E-state index contributed by atoms with van der Waals surface area (Å²) < 4.78 is 13.3. The Morgan fingerprint density at radius 2 is 2.05 bits per heavy atom. The predicted molar refractivity (Wildman–Crippen MR) is 84.1 cm³/mol. The average Bonchev–Trinajstić information content (AvgIpc) is 2.55. The highest BCUT2D eigenvalue weighted by Crippen LogP contribution is 2.24. The van der Waals surface area contributed by atoms with Gasteiger partial charge < -0.3 is 15.5 Å². The number of piperidine rings is 1. The lowest BCUT2D eigenvalue weighted by Gasteiger charge is -2.37. The second kappa shape index (κ2) is 6.75. The first-order valence-electron chi connectivity index (χ1n) is 8.14. The number of benzene rings is 1. The third-order valence-electron chi connectivity index (χ3n) is 4.78. The van der Waals surface area contributed by atoms with Gasteiger partial charge in [0.25, 0.3) is 0 Å². The Kier molecular flexibility index (Phi) is 4.74. The highest BCUT2D eigenvalue weighted by atomic mass is 19.1. The van der Waals surface area contributed by atoms with Crippen molar-refractivity contribution in [2.75, 3.05) is 32.7 Å². The normalized spacial score (nSPS) is 23.5. The Bertz CT molecular complexity index is 543. The molecule has 2 N–H and O–H groups in total. The van der Waals surface area contributed by atoms with Crippen molar-refractivity contribution < 1.29 is 9.18 Å². The first-order chi connectivity index (χ1) is 10.6. The Hall–Kier alpha value is -1.46. The number of hydrogen-bond donors (Lipinski definition) is 2. The largest absolute Gasteiger partial charge is 0.339 e. The Morgan fingerprint density at radius 3 is 2.77 bits per heavy atom. The Labute approximate surface area is 131 Å². The molecule has 0 aliphatic carbocycles. The van der Waals surface area contributed by atoms with E-state index in [-0.39, 0.29) is 23.7 Å². The minimum absolute atomic E-state index is 0.0972. The minimum atomic E-state index is -0.209. The van der Waals surface area contributed by atoms with Gasteiger partial charge in [0, 0.05) is 25.6 Å². The van der Waals surface area contributed by atoms with Crippen molar-refractivity contribution >= 4 is 5.91 Å². The summed E-state index contributed by atoms with van der Waals surface area (Å²) in [6.45, 7) is 6.02. The lowest BCUT2D eigenvalue weighted by Crippen LogP contribution is -2.51. The van der Waals surface area contributed by atoms with Crippen LogP contribution in [-0.2, 0) is 4.79 Å². The second-order valence-corrected chi connectivity index (χ2v) is 6.32. The lowest BCUT2D eigenvalue weighted by atomic mass is 9.94. The van der Waals surface area contributed by atoms with E-state index >= 15 is 0 Å². The van der Waals surface area contributed by atoms with Gasteiger partial charge >= 0.3 is 0 Å². The zero-order valence-electron chi connectivity index (χ0n) is 13.1. The zero-order chi connectivity index (χ0) is 15.5. The van der Waals surface area contributed by atoms with Crippen LogP contribution in [0.15, 0.2) is 18.2 Å². The topological polar surface area (TPSA) is 44.4 Å². The van der Waals surface area contributed by atoms with E-state index in [1.54, 1.807) is 6.07 Å². The fourth-order valence-corrected chi connectivity index (χ4v) is 3.52. The van der Waals surface area contributed by atoms with Crippen molar-refractivity contribution in [1.82, 2.24) is 15.5 Å². The number of aryl methyl sites for hydroxylation is 1. The first kappa shape index (κ1) is 15.4. The maximum absolute atomic E-state index is 13.3. The van der Waals surface area contributed by atoms with Gasteiger partial charge in [-0.2, -0.15) is 0 Å². The summed E-state index contributed by atoms with van der Waals surface area (Å²) in [7, 11) is 0. The summed E-state index contributed by atoms with van der Waals surface area (Å²) in [6.07, 6.45) is 1.87. The number of nitrogens with zero attached hydrogens (tertiary/aromatic N) is 1. The number of amides is 1. The predicted octanol–water partition coefficient (Wildman–Crippen LogP) is 1.61. The lowest BCUT2D eigenvalue weighted by molar-refractivity contribution is -0.137. The molecule has 0 radical (unpaired) electrons. The quantitative estimate of drug-likeness (QED) is 0.872. The molecule has 3 rings (SSSR count). The van der Waals surface area contributed by atoms with Gasteiger partial charge in [0.1, 0.15) is 5.82 Å². The van der Waals surface area contributed by atoms with Crippen molar-refractivity contribution in [3.05, 3.63) is 35.1 Å². The van der Waals surface area contributed by atoms with Gasteiger partial charge in [0.2, 0.25) is 5.91 Å².